The zero-order chi connectivity index (χ0) is 18.0. The molecule has 0 aliphatic heterocycles. The van der Waals surface area contributed by atoms with Gasteiger partial charge in [-0.15, -0.1) is 0 Å². The van der Waals surface area contributed by atoms with Crippen molar-refractivity contribution < 1.29 is 9.47 Å². The molecule has 1 unspecified atom stereocenters. The van der Waals surface area contributed by atoms with Crippen LogP contribution >= 0.6 is 0 Å². The van der Waals surface area contributed by atoms with E-state index in [1.165, 1.54) is 76.2 Å². The minimum Gasteiger partial charge on any atom is -0.378 e. The SMILES string of the molecule is CCCCCC(CCCCCCOCc1ccccc1)OCCCC. The van der Waals surface area contributed by atoms with Crippen LogP contribution in [0.1, 0.15) is 90.0 Å². The molecule has 0 amide bonds. The summed E-state index contributed by atoms with van der Waals surface area (Å²) in [6, 6.07) is 10.4. The van der Waals surface area contributed by atoms with E-state index in [0.717, 1.165) is 19.8 Å². The third kappa shape index (κ3) is 13.1. The Kier molecular flexibility index (Phi) is 14.7. The van der Waals surface area contributed by atoms with Crippen LogP contribution in [0.25, 0.3) is 0 Å². The maximum atomic E-state index is 6.10. The molecule has 2 heteroatoms. The highest BCUT2D eigenvalue weighted by molar-refractivity contribution is 5.13. The molecule has 0 saturated heterocycles. The molecule has 0 bridgehead atoms. The topological polar surface area (TPSA) is 18.5 Å². The van der Waals surface area contributed by atoms with Gasteiger partial charge in [0, 0.05) is 13.2 Å². The third-order valence-corrected chi connectivity index (χ3v) is 4.66. The molecule has 1 aromatic rings. The maximum absolute atomic E-state index is 6.10. The van der Waals surface area contributed by atoms with Crippen molar-refractivity contribution >= 4 is 0 Å². The van der Waals surface area contributed by atoms with E-state index in [0.29, 0.717) is 6.10 Å². The van der Waals surface area contributed by atoms with Gasteiger partial charge in [-0.2, -0.15) is 0 Å². The predicted molar refractivity (Wildman–Crippen MR) is 108 cm³/mol. The Morgan fingerprint density at radius 3 is 2.12 bits per heavy atom. The Balaban J connectivity index is 1.99. The monoisotopic (exact) mass is 348 g/mol. The van der Waals surface area contributed by atoms with Crippen LogP contribution in [-0.4, -0.2) is 19.3 Å². The fourth-order valence-corrected chi connectivity index (χ4v) is 3.02. The highest BCUT2D eigenvalue weighted by Gasteiger charge is 2.08. The molecule has 1 aromatic carbocycles. The molecular formula is C23H40O2. The lowest BCUT2D eigenvalue weighted by Gasteiger charge is -2.18. The highest BCUT2D eigenvalue weighted by Crippen LogP contribution is 2.15. The Bertz CT molecular complexity index is 367. The Morgan fingerprint density at radius 1 is 0.720 bits per heavy atom. The van der Waals surface area contributed by atoms with E-state index in [-0.39, 0.29) is 0 Å². The molecule has 0 spiro atoms. The smallest absolute Gasteiger partial charge is 0.0716 e. The first-order valence-electron chi connectivity index (χ1n) is 10.6. The molecule has 1 rings (SSSR count). The number of hydrogen-bond acceptors (Lipinski definition) is 2. The van der Waals surface area contributed by atoms with E-state index >= 15 is 0 Å². The van der Waals surface area contributed by atoms with E-state index in [1.807, 2.05) is 6.07 Å². The van der Waals surface area contributed by atoms with Gasteiger partial charge in [0.15, 0.2) is 0 Å². The Hall–Kier alpha value is -0.860. The number of hydrogen-bond donors (Lipinski definition) is 0. The zero-order valence-corrected chi connectivity index (χ0v) is 16.7. The van der Waals surface area contributed by atoms with Crippen molar-refractivity contribution in [3.63, 3.8) is 0 Å². The largest absolute Gasteiger partial charge is 0.378 e. The van der Waals surface area contributed by atoms with Crippen molar-refractivity contribution in [3.8, 4) is 0 Å². The number of unbranched alkanes of at least 4 members (excludes halogenated alkanes) is 6. The maximum Gasteiger partial charge on any atom is 0.0716 e. The second kappa shape index (κ2) is 16.6. The van der Waals surface area contributed by atoms with Gasteiger partial charge in [-0.25, -0.2) is 0 Å². The first-order valence-corrected chi connectivity index (χ1v) is 10.6. The van der Waals surface area contributed by atoms with Crippen LogP contribution in [0.4, 0.5) is 0 Å². The molecule has 2 nitrogen and oxygen atoms in total. The van der Waals surface area contributed by atoms with E-state index in [1.54, 1.807) is 0 Å². The van der Waals surface area contributed by atoms with E-state index in [2.05, 4.69) is 38.1 Å². The van der Waals surface area contributed by atoms with Gasteiger partial charge in [-0.05, 0) is 31.2 Å². The van der Waals surface area contributed by atoms with Gasteiger partial charge in [0.1, 0.15) is 0 Å². The molecule has 0 aromatic heterocycles. The van der Waals surface area contributed by atoms with E-state index in [9.17, 15) is 0 Å². The van der Waals surface area contributed by atoms with Crippen molar-refractivity contribution in [1.29, 1.82) is 0 Å². The van der Waals surface area contributed by atoms with Crippen LogP contribution in [0, 0.1) is 0 Å². The first kappa shape index (κ1) is 22.2. The quantitative estimate of drug-likeness (QED) is 0.284. The van der Waals surface area contributed by atoms with Crippen molar-refractivity contribution in [2.24, 2.45) is 0 Å². The lowest BCUT2D eigenvalue weighted by atomic mass is 10.0. The average molecular weight is 349 g/mol. The number of benzene rings is 1. The van der Waals surface area contributed by atoms with Crippen molar-refractivity contribution in [2.45, 2.75) is 97.2 Å². The van der Waals surface area contributed by atoms with Gasteiger partial charge >= 0.3 is 0 Å². The van der Waals surface area contributed by atoms with Gasteiger partial charge in [0.05, 0.1) is 12.7 Å². The number of ether oxygens (including phenoxy) is 2. The second-order valence-corrected chi connectivity index (χ2v) is 7.08. The molecule has 144 valence electrons. The molecule has 25 heavy (non-hydrogen) atoms. The van der Waals surface area contributed by atoms with Crippen LogP contribution in [0.3, 0.4) is 0 Å². The highest BCUT2D eigenvalue weighted by atomic mass is 16.5. The van der Waals surface area contributed by atoms with E-state index < -0.39 is 0 Å². The van der Waals surface area contributed by atoms with Crippen LogP contribution in [-0.2, 0) is 16.1 Å². The second-order valence-electron chi connectivity index (χ2n) is 7.08. The predicted octanol–water partition coefficient (Wildman–Crippen LogP) is 6.92. The fourth-order valence-electron chi connectivity index (χ4n) is 3.02. The average Bonchev–Trinajstić information content (AvgIpc) is 2.64. The Morgan fingerprint density at radius 2 is 1.40 bits per heavy atom. The molecule has 0 aliphatic rings. The molecule has 1 atom stereocenters. The summed E-state index contributed by atoms with van der Waals surface area (Å²) in [5.74, 6) is 0. The Labute approximate surface area is 156 Å². The summed E-state index contributed by atoms with van der Waals surface area (Å²) in [4.78, 5) is 0. The lowest BCUT2D eigenvalue weighted by Crippen LogP contribution is -2.14. The molecule has 0 heterocycles. The van der Waals surface area contributed by atoms with Gasteiger partial charge in [0.2, 0.25) is 0 Å². The van der Waals surface area contributed by atoms with Gasteiger partial charge in [-0.1, -0.05) is 89.1 Å². The van der Waals surface area contributed by atoms with Crippen LogP contribution in [0.2, 0.25) is 0 Å². The number of rotatable bonds is 17. The molecule has 0 aliphatic carbocycles. The normalized spacial score (nSPS) is 12.4. The first-order chi connectivity index (χ1) is 12.4. The molecule has 0 N–H and O–H groups in total. The van der Waals surface area contributed by atoms with Crippen LogP contribution < -0.4 is 0 Å². The fraction of sp³-hybridized carbons (Fsp3) is 0.739. The molecule has 0 fully saturated rings. The van der Waals surface area contributed by atoms with Crippen molar-refractivity contribution in [3.05, 3.63) is 35.9 Å². The molecule has 0 saturated carbocycles. The lowest BCUT2D eigenvalue weighted by molar-refractivity contribution is 0.0363. The van der Waals surface area contributed by atoms with Crippen LogP contribution in [0.5, 0.6) is 0 Å². The summed E-state index contributed by atoms with van der Waals surface area (Å²) in [5, 5.41) is 0. The summed E-state index contributed by atoms with van der Waals surface area (Å²) in [7, 11) is 0. The van der Waals surface area contributed by atoms with Crippen molar-refractivity contribution in [2.75, 3.05) is 13.2 Å². The summed E-state index contributed by atoms with van der Waals surface area (Å²) in [6.07, 6.45) is 14.4. The summed E-state index contributed by atoms with van der Waals surface area (Å²) < 4.78 is 11.9. The minimum absolute atomic E-state index is 0.493. The minimum atomic E-state index is 0.493. The zero-order valence-electron chi connectivity index (χ0n) is 16.7. The summed E-state index contributed by atoms with van der Waals surface area (Å²) in [5.41, 5.74) is 1.27. The molecular weight excluding hydrogens is 308 g/mol. The molecule has 0 radical (unpaired) electrons. The van der Waals surface area contributed by atoms with E-state index in [4.69, 9.17) is 9.47 Å². The van der Waals surface area contributed by atoms with Gasteiger partial charge in [-0.3, -0.25) is 0 Å². The summed E-state index contributed by atoms with van der Waals surface area (Å²) >= 11 is 0. The standard InChI is InChI=1S/C23H40O2/c1-3-5-10-17-23(25-20-6-4-2)18-13-7-8-14-19-24-21-22-15-11-9-12-16-22/h9,11-12,15-16,23H,3-8,10,13-14,17-21H2,1-2H3. The van der Waals surface area contributed by atoms with Gasteiger partial charge in [0.25, 0.3) is 0 Å². The summed E-state index contributed by atoms with van der Waals surface area (Å²) in [6.45, 7) is 7.07. The third-order valence-electron chi connectivity index (χ3n) is 4.66. The van der Waals surface area contributed by atoms with Crippen molar-refractivity contribution in [1.82, 2.24) is 0 Å². The van der Waals surface area contributed by atoms with Gasteiger partial charge < -0.3 is 9.47 Å². The van der Waals surface area contributed by atoms with Crippen LogP contribution in [0.15, 0.2) is 30.3 Å².